The molecule has 0 aliphatic rings. The standard InChI is InChI=1S/C52H99NO5/c1-3-5-7-9-11-13-15-16-17-18-19-22-26-30-34-38-42-46-52(57)58-47-43-39-35-31-27-23-20-21-25-29-33-37-41-45-51(56)53-49(48-54)50(55)44-40-36-32-28-24-14-12-10-8-6-4-2/h16-17,21,25,49-50,54-55H,3-15,18-20,22-24,26-48H2,1-2H3,(H,53,56)/b17-16-,25-21-. The predicted molar refractivity (Wildman–Crippen MR) is 250 cm³/mol. The summed E-state index contributed by atoms with van der Waals surface area (Å²) < 4.78 is 5.46. The summed E-state index contributed by atoms with van der Waals surface area (Å²) >= 11 is 0. The summed E-state index contributed by atoms with van der Waals surface area (Å²) in [4.78, 5) is 24.4. The molecule has 0 aromatic rings. The van der Waals surface area contributed by atoms with Crippen molar-refractivity contribution in [3.63, 3.8) is 0 Å². The van der Waals surface area contributed by atoms with Gasteiger partial charge in [0.2, 0.25) is 5.91 Å². The minimum Gasteiger partial charge on any atom is -0.466 e. The van der Waals surface area contributed by atoms with Gasteiger partial charge < -0.3 is 20.3 Å². The highest BCUT2D eigenvalue weighted by Gasteiger charge is 2.20. The average molecular weight is 818 g/mol. The molecule has 0 heterocycles. The van der Waals surface area contributed by atoms with E-state index in [1.807, 2.05) is 0 Å². The Morgan fingerprint density at radius 1 is 0.466 bits per heavy atom. The second-order valence-corrected chi connectivity index (χ2v) is 17.5. The van der Waals surface area contributed by atoms with Crippen molar-refractivity contribution >= 4 is 11.9 Å². The normalized spacial score (nSPS) is 12.8. The Morgan fingerprint density at radius 2 is 0.810 bits per heavy atom. The van der Waals surface area contributed by atoms with Gasteiger partial charge in [0.05, 0.1) is 25.4 Å². The number of unbranched alkanes of at least 4 members (excludes halogenated alkanes) is 32. The lowest BCUT2D eigenvalue weighted by atomic mass is 10.0. The number of allylic oxidation sites excluding steroid dienone is 4. The molecule has 342 valence electrons. The molecule has 0 aliphatic carbocycles. The van der Waals surface area contributed by atoms with E-state index < -0.39 is 12.1 Å². The molecule has 3 N–H and O–H groups in total. The van der Waals surface area contributed by atoms with Gasteiger partial charge in [0.1, 0.15) is 0 Å². The summed E-state index contributed by atoms with van der Waals surface area (Å²) in [5.74, 6) is -0.0829. The molecule has 0 saturated heterocycles. The molecule has 0 aromatic heterocycles. The van der Waals surface area contributed by atoms with Crippen LogP contribution < -0.4 is 5.32 Å². The molecule has 0 saturated carbocycles. The number of hydrogen-bond acceptors (Lipinski definition) is 5. The maximum atomic E-state index is 12.4. The molecule has 0 spiro atoms. The van der Waals surface area contributed by atoms with Crippen LogP contribution in [0.5, 0.6) is 0 Å². The summed E-state index contributed by atoms with van der Waals surface area (Å²) in [6, 6.07) is -0.560. The van der Waals surface area contributed by atoms with Gasteiger partial charge in [-0.2, -0.15) is 0 Å². The average Bonchev–Trinajstić information content (AvgIpc) is 3.22. The van der Waals surface area contributed by atoms with Crippen LogP contribution in [0.15, 0.2) is 24.3 Å². The Hall–Kier alpha value is -1.66. The zero-order valence-corrected chi connectivity index (χ0v) is 38.8. The fourth-order valence-electron chi connectivity index (χ4n) is 7.74. The van der Waals surface area contributed by atoms with E-state index >= 15 is 0 Å². The molecule has 58 heavy (non-hydrogen) atoms. The third-order valence-corrected chi connectivity index (χ3v) is 11.7. The van der Waals surface area contributed by atoms with Crippen molar-refractivity contribution in [2.75, 3.05) is 13.2 Å². The van der Waals surface area contributed by atoms with E-state index in [2.05, 4.69) is 43.5 Å². The van der Waals surface area contributed by atoms with Crippen molar-refractivity contribution in [2.24, 2.45) is 0 Å². The lowest BCUT2D eigenvalue weighted by molar-refractivity contribution is -0.143. The Balaban J connectivity index is 3.48. The molecule has 2 unspecified atom stereocenters. The van der Waals surface area contributed by atoms with Crippen molar-refractivity contribution in [2.45, 2.75) is 283 Å². The summed E-state index contributed by atoms with van der Waals surface area (Å²) in [6.45, 7) is 4.89. The highest BCUT2D eigenvalue weighted by Crippen LogP contribution is 2.15. The van der Waals surface area contributed by atoms with Crippen LogP contribution in [0.2, 0.25) is 0 Å². The number of ether oxygens (including phenoxy) is 1. The van der Waals surface area contributed by atoms with Crippen LogP contribution in [-0.2, 0) is 14.3 Å². The van der Waals surface area contributed by atoms with Gasteiger partial charge in [0, 0.05) is 12.8 Å². The molecule has 1 amide bonds. The van der Waals surface area contributed by atoms with E-state index in [4.69, 9.17) is 4.74 Å². The smallest absolute Gasteiger partial charge is 0.305 e. The van der Waals surface area contributed by atoms with Gasteiger partial charge in [0.25, 0.3) is 0 Å². The van der Waals surface area contributed by atoms with Crippen LogP contribution in [0.1, 0.15) is 271 Å². The lowest BCUT2D eigenvalue weighted by Gasteiger charge is -2.22. The van der Waals surface area contributed by atoms with E-state index in [0.717, 1.165) is 70.6 Å². The first-order valence-electron chi connectivity index (χ1n) is 25.6. The molecule has 2 atom stereocenters. The largest absolute Gasteiger partial charge is 0.466 e. The van der Waals surface area contributed by atoms with Gasteiger partial charge in [-0.25, -0.2) is 0 Å². The summed E-state index contributed by atoms with van der Waals surface area (Å²) in [5, 5.41) is 23.1. The zero-order valence-electron chi connectivity index (χ0n) is 38.8. The Morgan fingerprint density at radius 3 is 1.24 bits per heavy atom. The van der Waals surface area contributed by atoms with Gasteiger partial charge in [0.15, 0.2) is 0 Å². The SMILES string of the molecule is CCCCCCCC/C=C\CCCCCCCCCC(=O)OCCCCCCCC/C=C\CCCCCC(=O)NC(CO)C(O)CCCCCCCCCCCCC. The van der Waals surface area contributed by atoms with Gasteiger partial charge in [-0.15, -0.1) is 0 Å². The number of hydrogen-bond donors (Lipinski definition) is 3. The van der Waals surface area contributed by atoms with Crippen LogP contribution in [0, 0.1) is 0 Å². The van der Waals surface area contributed by atoms with Crippen molar-refractivity contribution in [1.29, 1.82) is 0 Å². The van der Waals surface area contributed by atoms with Crippen LogP contribution in [0.4, 0.5) is 0 Å². The van der Waals surface area contributed by atoms with E-state index in [1.165, 1.54) is 167 Å². The molecular weight excluding hydrogens is 719 g/mol. The second-order valence-electron chi connectivity index (χ2n) is 17.5. The summed E-state index contributed by atoms with van der Waals surface area (Å²) in [5.41, 5.74) is 0. The number of aliphatic hydroxyl groups excluding tert-OH is 2. The van der Waals surface area contributed by atoms with Crippen LogP contribution in [0.3, 0.4) is 0 Å². The summed E-state index contributed by atoms with van der Waals surface area (Å²) in [7, 11) is 0. The topological polar surface area (TPSA) is 95.9 Å². The number of carbonyl (C=O) groups is 2. The molecule has 0 fully saturated rings. The van der Waals surface area contributed by atoms with Crippen molar-refractivity contribution < 1.29 is 24.5 Å². The molecule has 0 radical (unpaired) electrons. The molecule has 0 bridgehead atoms. The molecular formula is C52H99NO5. The number of nitrogens with one attached hydrogen (secondary N) is 1. The van der Waals surface area contributed by atoms with E-state index in [9.17, 15) is 19.8 Å². The predicted octanol–water partition coefficient (Wildman–Crippen LogP) is 15.1. The lowest BCUT2D eigenvalue weighted by Crippen LogP contribution is -2.45. The van der Waals surface area contributed by atoms with Crippen LogP contribution in [0.25, 0.3) is 0 Å². The van der Waals surface area contributed by atoms with Crippen LogP contribution in [-0.4, -0.2) is 47.4 Å². The third-order valence-electron chi connectivity index (χ3n) is 11.7. The highest BCUT2D eigenvalue weighted by atomic mass is 16.5. The van der Waals surface area contributed by atoms with Gasteiger partial charge in [-0.1, -0.05) is 205 Å². The van der Waals surface area contributed by atoms with Crippen molar-refractivity contribution in [1.82, 2.24) is 5.32 Å². The molecule has 6 heteroatoms. The fourth-order valence-corrected chi connectivity index (χ4v) is 7.74. The quantitative estimate of drug-likeness (QED) is 0.0323. The first-order chi connectivity index (χ1) is 28.5. The number of rotatable bonds is 47. The second kappa shape index (κ2) is 48.0. The Kier molecular flexibility index (Phi) is 46.6. The molecule has 0 aromatic carbocycles. The molecule has 6 nitrogen and oxygen atoms in total. The minimum absolute atomic E-state index is 0.0163. The van der Waals surface area contributed by atoms with E-state index in [1.54, 1.807) is 0 Å². The maximum Gasteiger partial charge on any atom is 0.305 e. The van der Waals surface area contributed by atoms with Gasteiger partial charge in [-0.3, -0.25) is 9.59 Å². The fraction of sp³-hybridized carbons (Fsp3) is 0.885. The summed E-state index contributed by atoms with van der Waals surface area (Å²) in [6.07, 6.45) is 55.8. The van der Waals surface area contributed by atoms with Crippen LogP contribution >= 0.6 is 0 Å². The Labute approximate surface area is 361 Å². The number of esters is 1. The van der Waals surface area contributed by atoms with Crippen molar-refractivity contribution in [3.05, 3.63) is 24.3 Å². The number of amides is 1. The number of carbonyl (C=O) groups excluding carboxylic acids is 2. The molecule has 0 rings (SSSR count). The zero-order chi connectivity index (χ0) is 42.3. The highest BCUT2D eigenvalue weighted by molar-refractivity contribution is 5.76. The first-order valence-corrected chi connectivity index (χ1v) is 25.6. The van der Waals surface area contributed by atoms with Gasteiger partial charge >= 0.3 is 5.97 Å². The monoisotopic (exact) mass is 818 g/mol. The molecule has 0 aliphatic heterocycles. The van der Waals surface area contributed by atoms with E-state index in [0.29, 0.717) is 25.9 Å². The Bertz CT molecular complexity index is 904. The van der Waals surface area contributed by atoms with Gasteiger partial charge in [-0.05, 0) is 77.0 Å². The first kappa shape index (κ1) is 56.3. The van der Waals surface area contributed by atoms with E-state index in [-0.39, 0.29) is 18.5 Å². The third kappa shape index (κ3) is 43.9. The minimum atomic E-state index is -0.680. The van der Waals surface area contributed by atoms with Crippen molar-refractivity contribution in [3.8, 4) is 0 Å². The maximum absolute atomic E-state index is 12.4. The number of aliphatic hydroxyl groups is 2.